The van der Waals surface area contributed by atoms with E-state index in [2.05, 4.69) is 5.32 Å². The highest BCUT2D eigenvalue weighted by atomic mass is 16.2. The van der Waals surface area contributed by atoms with Crippen molar-refractivity contribution in [2.45, 2.75) is 19.8 Å². The zero-order chi connectivity index (χ0) is 17.2. The number of benzene rings is 2. The Labute approximate surface area is 143 Å². The summed E-state index contributed by atoms with van der Waals surface area (Å²) in [5.74, 6) is -0.196. The van der Waals surface area contributed by atoms with Crippen molar-refractivity contribution in [2.75, 3.05) is 19.6 Å². The SMILES string of the molecule is CC(=O)N(CCc1ccccc1)CC(=O)NCCc1ccccc1. The largest absolute Gasteiger partial charge is 0.354 e. The van der Waals surface area contributed by atoms with Crippen LogP contribution in [-0.4, -0.2) is 36.3 Å². The summed E-state index contributed by atoms with van der Waals surface area (Å²) in [4.78, 5) is 25.4. The zero-order valence-corrected chi connectivity index (χ0v) is 14.1. The van der Waals surface area contributed by atoms with Gasteiger partial charge >= 0.3 is 0 Å². The first-order valence-electron chi connectivity index (χ1n) is 8.25. The zero-order valence-electron chi connectivity index (χ0n) is 14.1. The van der Waals surface area contributed by atoms with Gasteiger partial charge in [-0.15, -0.1) is 0 Å². The molecule has 0 saturated carbocycles. The Morgan fingerprint density at radius 3 is 1.96 bits per heavy atom. The second-order valence-corrected chi connectivity index (χ2v) is 5.76. The lowest BCUT2D eigenvalue weighted by molar-refractivity contribution is -0.134. The summed E-state index contributed by atoms with van der Waals surface area (Å²) in [6, 6.07) is 20.0. The fraction of sp³-hybridized carbons (Fsp3) is 0.300. The van der Waals surface area contributed by atoms with Crippen molar-refractivity contribution in [3.05, 3.63) is 71.8 Å². The summed E-state index contributed by atoms with van der Waals surface area (Å²) >= 11 is 0. The van der Waals surface area contributed by atoms with Crippen molar-refractivity contribution in [1.29, 1.82) is 0 Å². The van der Waals surface area contributed by atoms with Gasteiger partial charge in [-0.3, -0.25) is 9.59 Å². The molecular weight excluding hydrogens is 300 g/mol. The number of nitrogens with one attached hydrogen (secondary N) is 1. The van der Waals surface area contributed by atoms with Crippen LogP contribution in [-0.2, 0) is 22.4 Å². The van der Waals surface area contributed by atoms with Crippen LogP contribution >= 0.6 is 0 Å². The van der Waals surface area contributed by atoms with Gasteiger partial charge in [0.25, 0.3) is 0 Å². The topological polar surface area (TPSA) is 49.4 Å². The Hall–Kier alpha value is -2.62. The van der Waals surface area contributed by atoms with E-state index in [1.165, 1.54) is 12.5 Å². The molecule has 24 heavy (non-hydrogen) atoms. The van der Waals surface area contributed by atoms with Crippen LogP contribution in [0, 0.1) is 0 Å². The maximum absolute atomic E-state index is 12.1. The Balaban J connectivity index is 1.75. The van der Waals surface area contributed by atoms with Gasteiger partial charge in [0.05, 0.1) is 6.54 Å². The molecule has 0 saturated heterocycles. The third kappa shape index (κ3) is 6.24. The van der Waals surface area contributed by atoms with Crippen molar-refractivity contribution >= 4 is 11.8 Å². The van der Waals surface area contributed by atoms with Crippen LogP contribution in [0.15, 0.2) is 60.7 Å². The number of rotatable bonds is 8. The van der Waals surface area contributed by atoms with Crippen LogP contribution in [0.5, 0.6) is 0 Å². The molecule has 0 radical (unpaired) electrons. The van der Waals surface area contributed by atoms with Crippen molar-refractivity contribution in [3.63, 3.8) is 0 Å². The molecule has 4 heteroatoms. The molecule has 4 nitrogen and oxygen atoms in total. The smallest absolute Gasteiger partial charge is 0.239 e. The molecule has 1 N–H and O–H groups in total. The molecule has 126 valence electrons. The van der Waals surface area contributed by atoms with E-state index >= 15 is 0 Å². The lowest BCUT2D eigenvalue weighted by Crippen LogP contribution is -2.41. The summed E-state index contributed by atoms with van der Waals surface area (Å²) in [5, 5.41) is 2.88. The molecule has 2 aromatic rings. The van der Waals surface area contributed by atoms with E-state index in [0.29, 0.717) is 13.1 Å². The highest BCUT2D eigenvalue weighted by molar-refractivity contribution is 5.83. The van der Waals surface area contributed by atoms with Gasteiger partial charge in [0.1, 0.15) is 0 Å². The average molecular weight is 324 g/mol. The van der Waals surface area contributed by atoms with E-state index in [1.54, 1.807) is 4.90 Å². The lowest BCUT2D eigenvalue weighted by atomic mass is 10.1. The Morgan fingerprint density at radius 2 is 1.42 bits per heavy atom. The van der Waals surface area contributed by atoms with E-state index in [1.807, 2.05) is 60.7 Å². The summed E-state index contributed by atoms with van der Waals surface area (Å²) in [6.07, 6.45) is 1.54. The maximum atomic E-state index is 12.1. The molecule has 0 spiro atoms. The van der Waals surface area contributed by atoms with Crippen LogP contribution in [0.2, 0.25) is 0 Å². The molecule has 2 aromatic carbocycles. The Bertz CT molecular complexity index is 641. The van der Waals surface area contributed by atoms with Crippen molar-refractivity contribution in [1.82, 2.24) is 10.2 Å². The monoisotopic (exact) mass is 324 g/mol. The third-order valence-electron chi connectivity index (χ3n) is 3.87. The standard InChI is InChI=1S/C20H24N2O2/c1-17(23)22(15-13-19-10-6-3-7-11-19)16-20(24)21-14-12-18-8-4-2-5-9-18/h2-11H,12-16H2,1H3,(H,21,24). The number of hydrogen-bond acceptors (Lipinski definition) is 2. The molecule has 0 aliphatic rings. The molecular formula is C20H24N2O2. The number of nitrogens with zero attached hydrogens (tertiary/aromatic N) is 1. The van der Waals surface area contributed by atoms with Gasteiger partial charge in [-0.25, -0.2) is 0 Å². The van der Waals surface area contributed by atoms with Crippen LogP contribution in [0.1, 0.15) is 18.1 Å². The summed E-state index contributed by atoms with van der Waals surface area (Å²) < 4.78 is 0. The number of amides is 2. The van der Waals surface area contributed by atoms with Crippen molar-refractivity contribution in [2.24, 2.45) is 0 Å². The van der Waals surface area contributed by atoms with E-state index in [4.69, 9.17) is 0 Å². The first-order valence-corrected chi connectivity index (χ1v) is 8.25. The summed E-state index contributed by atoms with van der Waals surface area (Å²) in [7, 11) is 0. The molecule has 0 heterocycles. The minimum absolute atomic E-state index is 0.0795. The van der Waals surface area contributed by atoms with Crippen molar-refractivity contribution in [3.8, 4) is 0 Å². The molecule has 0 aliphatic heterocycles. The maximum Gasteiger partial charge on any atom is 0.239 e. The molecule has 0 atom stereocenters. The number of carbonyl (C=O) groups is 2. The highest BCUT2D eigenvalue weighted by Crippen LogP contribution is 2.02. The molecule has 0 unspecified atom stereocenters. The van der Waals surface area contributed by atoms with Gasteiger partial charge in [-0.05, 0) is 24.0 Å². The van der Waals surface area contributed by atoms with E-state index < -0.39 is 0 Å². The Kier molecular flexibility index (Phi) is 7.02. The second-order valence-electron chi connectivity index (χ2n) is 5.76. The first-order chi connectivity index (χ1) is 11.6. The van der Waals surface area contributed by atoms with Gasteiger partial charge < -0.3 is 10.2 Å². The second kappa shape index (κ2) is 9.50. The predicted octanol–water partition coefficient (Wildman–Crippen LogP) is 2.44. The van der Waals surface area contributed by atoms with E-state index in [9.17, 15) is 9.59 Å². The first kappa shape index (κ1) is 17.7. The fourth-order valence-corrected chi connectivity index (χ4v) is 2.48. The predicted molar refractivity (Wildman–Crippen MR) is 95.6 cm³/mol. The van der Waals surface area contributed by atoms with Gasteiger partial charge in [-0.1, -0.05) is 60.7 Å². The van der Waals surface area contributed by atoms with Gasteiger partial charge in [-0.2, -0.15) is 0 Å². The van der Waals surface area contributed by atoms with E-state index in [0.717, 1.165) is 18.4 Å². The fourth-order valence-electron chi connectivity index (χ4n) is 2.48. The highest BCUT2D eigenvalue weighted by Gasteiger charge is 2.13. The van der Waals surface area contributed by atoms with Crippen molar-refractivity contribution < 1.29 is 9.59 Å². The minimum Gasteiger partial charge on any atom is -0.354 e. The van der Waals surface area contributed by atoms with Gasteiger partial charge in [0.2, 0.25) is 11.8 Å². The normalized spacial score (nSPS) is 10.2. The van der Waals surface area contributed by atoms with Gasteiger partial charge in [0.15, 0.2) is 0 Å². The minimum atomic E-state index is -0.116. The van der Waals surface area contributed by atoms with Gasteiger partial charge in [0, 0.05) is 20.0 Å². The molecule has 0 bridgehead atoms. The lowest BCUT2D eigenvalue weighted by Gasteiger charge is -2.20. The van der Waals surface area contributed by atoms with Crippen LogP contribution in [0.25, 0.3) is 0 Å². The Morgan fingerprint density at radius 1 is 0.875 bits per heavy atom. The number of carbonyl (C=O) groups excluding carboxylic acids is 2. The average Bonchev–Trinajstić information content (AvgIpc) is 2.60. The summed E-state index contributed by atoms with van der Waals surface area (Å²) in [6.45, 7) is 2.73. The summed E-state index contributed by atoms with van der Waals surface area (Å²) in [5.41, 5.74) is 2.35. The number of hydrogen-bond donors (Lipinski definition) is 1. The third-order valence-corrected chi connectivity index (χ3v) is 3.87. The molecule has 0 fully saturated rings. The van der Waals surface area contributed by atoms with Crippen LogP contribution in [0.3, 0.4) is 0 Å². The molecule has 2 rings (SSSR count). The quantitative estimate of drug-likeness (QED) is 0.811. The molecule has 0 aromatic heterocycles. The molecule has 0 aliphatic carbocycles. The van der Waals surface area contributed by atoms with Crippen LogP contribution in [0.4, 0.5) is 0 Å². The molecule has 2 amide bonds. The van der Waals surface area contributed by atoms with Crippen LogP contribution < -0.4 is 5.32 Å². The van der Waals surface area contributed by atoms with E-state index in [-0.39, 0.29) is 18.4 Å².